The topological polar surface area (TPSA) is 108 Å². The zero-order valence-electron chi connectivity index (χ0n) is 41.9. The van der Waals surface area contributed by atoms with Gasteiger partial charge in [0.25, 0.3) is 0 Å². The minimum absolute atomic E-state index is 0.0364. The summed E-state index contributed by atoms with van der Waals surface area (Å²) in [6, 6.07) is 0. The fourth-order valence-electron chi connectivity index (χ4n) is 7.96. The van der Waals surface area contributed by atoms with Gasteiger partial charge in [-0.3, -0.25) is 18.6 Å². The average molecular weight is 903 g/mol. The zero-order valence-corrected chi connectivity index (χ0v) is 42.8. The molecule has 0 aromatic heterocycles. The first kappa shape index (κ1) is 61.0. The molecular formula is C52H105NO8P+. The average Bonchev–Trinajstić information content (AvgIpc) is 3.23. The molecule has 9 nitrogen and oxygen atoms in total. The van der Waals surface area contributed by atoms with Crippen molar-refractivity contribution in [2.45, 2.75) is 277 Å². The Hall–Kier alpha value is -0.990. The lowest BCUT2D eigenvalue weighted by Crippen LogP contribution is -2.37. The van der Waals surface area contributed by atoms with E-state index in [2.05, 4.69) is 13.8 Å². The molecule has 0 aliphatic heterocycles. The van der Waals surface area contributed by atoms with E-state index in [1.54, 1.807) is 0 Å². The number of phosphoric acid groups is 1. The Bertz CT molecular complexity index is 1020. The molecule has 2 atom stereocenters. The summed E-state index contributed by atoms with van der Waals surface area (Å²) in [5.41, 5.74) is 0. The van der Waals surface area contributed by atoms with Crippen LogP contribution in [0.2, 0.25) is 0 Å². The molecule has 0 bridgehead atoms. The van der Waals surface area contributed by atoms with E-state index in [9.17, 15) is 19.0 Å². The zero-order chi connectivity index (χ0) is 45.7. The summed E-state index contributed by atoms with van der Waals surface area (Å²) in [6.07, 6.45) is 49.5. The smallest absolute Gasteiger partial charge is 0.462 e. The highest BCUT2D eigenvalue weighted by molar-refractivity contribution is 7.47. The second kappa shape index (κ2) is 45.2. The van der Waals surface area contributed by atoms with Crippen molar-refractivity contribution in [1.82, 2.24) is 0 Å². The van der Waals surface area contributed by atoms with Gasteiger partial charge in [-0.05, 0) is 12.8 Å². The van der Waals surface area contributed by atoms with Crippen molar-refractivity contribution in [1.29, 1.82) is 0 Å². The molecule has 62 heavy (non-hydrogen) atoms. The number of likely N-dealkylation sites (N-methyl/N-ethyl adjacent to an activating group) is 1. The molecule has 0 aromatic carbocycles. The molecule has 0 heterocycles. The minimum Gasteiger partial charge on any atom is -0.462 e. The normalized spacial score (nSPS) is 13.3. The summed E-state index contributed by atoms with van der Waals surface area (Å²) in [7, 11) is 1.49. The summed E-state index contributed by atoms with van der Waals surface area (Å²) in [5, 5.41) is 0. The SMILES string of the molecule is CCCCCCCCCCCCCCCCCCCCCCCCCCCCCCCCCCC(=O)OC(COC(=O)CCCCCCCC)COP(=O)(O)OCC[N+](C)(C)C. The van der Waals surface area contributed by atoms with Crippen LogP contribution in [-0.4, -0.2) is 74.9 Å². The molecule has 0 saturated carbocycles. The van der Waals surface area contributed by atoms with Gasteiger partial charge in [0.15, 0.2) is 6.10 Å². The first-order valence-electron chi connectivity index (χ1n) is 26.8. The minimum atomic E-state index is -4.36. The van der Waals surface area contributed by atoms with Crippen LogP contribution in [0.15, 0.2) is 0 Å². The van der Waals surface area contributed by atoms with Gasteiger partial charge in [0.2, 0.25) is 0 Å². The summed E-state index contributed by atoms with van der Waals surface area (Å²) in [5.74, 6) is -0.793. The Morgan fingerprint density at radius 2 is 0.726 bits per heavy atom. The van der Waals surface area contributed by atoms with Crippen LogP contribution in [0.3, 0.4) is 0 Å². The van der Waals surface area contributed by atoms with Crippen LogP contribution >= 0.6 is 7.82 Å². The number of hydrogen-bond acceptors (Lipinski definition) is 7. The molecule has 0 aliphatic carbocycles. The van der Waals surface area contributed by atoms with Crippen molar-refractivity contribution >= 4 is 19.8 Å². The number of quaternary nitrogens is 1. The van der Waals surface area contributed by atoms with Crippen LogP contribution in [0.25, 0.3) is 0 Å². The summed E-state index contributed by atoms with van der Waals surface area (Å²) in [6.45, 7) is 4.40. The highest BCUT2D eigenvalue weighted by Crippen LogP contribution is 2.43. The summed E-state index contributed by atoms with van der Waals surface area (Å²) >= 11 is 0. The number of unbranched alkanes of at least 4 members (excludes halogenated alkanes) is 36. The van der Waals surface area contributed by atoms with E-state index >= 15 is 0 Å². The highest BCUT2D eigenvalue weighted by Gasteiger charge is 2.27. The Morgan fingerprint density at radius 3 is 1.03 bits per heavy atom. The number of rotatable bonds is 50. The number of phosphoric ester groups is 1. The number of esters is 2. The van der Waals surface area contributed by atoms with Crippen LogP contribution in [0.4, 0.5) is 0 Å². The van der Waals surface area contributed by atoms with Gasteiger partial charge in [0, 0.05) is 12.8 Å². The Kier molecular flexibility index (Phi) is 44.5. The molecule has 0 amide bonds. The van der Waals surface area contributed by atoms with Gasteiger partial charge in [-0.2, -0.15) is 0 Å². The second-order valence-corrected chi connectivity index (χ2v) is 21.1. The summed E-state index contributed by atoms with van der Waals surface area (Å²) in [4.78, 5) is 35.2. The third-order valence-corrected chi connectivity index (χ3v) is 13.1. The van der Waals surface area contributed by atoms with Crippen molar-refractivity contribution < 1.29 is 42.1 Å². The molecule has 0 saturated heterocycles. The van der Waals surface area contributed by atoms with Crippen LogP contribution in [0.1, 0.15) is 271 Å². The summed E-state index contributed by atoms with van der Waals surface area (Å²) < 4.78 is 34.2. The molecule has 0 aliphatic rings. The molecule has 1 N–H and O–H groups in total. The van der Waals surface area contributed by atoms with Crippen LogP contribution in [-0.2, 0) is 32.7 Å². The fourth-order valence-corrected chi connectivity index (χ4v) is 8.70. The lowest BCUT2D eigenvalue weighted by atomic mass is 10.0. The Labute approximate surface area is 384 Å². The molecule has 10 heteroatoms. The Morgan fingerprint density at radius 1 is 0.435 bits per heavy atom. The molecule has 0 fully saturated rings. The standard InChI is InChI=1S/C52H104NO8P/c1-6-8-10-12-14-15-16-17-18-19-20-21-22-23-24-25-26-27-28-29-30-31-32-33-34-35-36-37-38-39-41-43-45-52(55)61-50(48-58-51(54)44-42-40-13-11-9-7-2)49-60-62(56,57)59-47-46-53(3,4)5/h50H,6-49H2,1-5H3/p+1. The predicted molar refractivity (Wildman–Crippen MR) is 261 cm³/mol. The van der Waals surface area contributed by atoms with E-state index in [-0.39, 0.29) is 25.6 Å². The van der Waals surface area contributed by atoms with E-state index in [0.29, 0.717) is 17.4 Å². The monoisotopic (exact) mass is 903 g/mol. The molecule has 2 unspecified atom stereocenters. The second-order valence-electron chi connectivity index (χ2n) is 19.6. The molecule has 0 aromatic rings. The van der Waals surface area contributed by atoms with Gasteiger partial charge in [-0.15, -0.1) is 0 Å². The maximum absolute atomic E-state index is 12.7. The highest BCUT2D eigenvalue weighted by atomic mass is 31.2. The van der Waals surface area contributed by atoms with Gasteiger partial charge in [0.1, 0.15) is 19.8 Å². The predicted octanol–water partition coefficient (Wildman–Crippen LogP) is 15.9. The number of nitrogens with zero attached hydrogens (tertiary/aromatic N) is 1. The molecule has 370 valence electrons. The third-order valence-electron chi connectivity index (χ3n) is 12.1. The molecule has 0 rings (SSSR count). The first-order chi connectivity index (χ1) is 30.0. The lowest BCUT2D eigenvalue weighted by molar-refractivity contribution is -0.870. The number of carbonyl (C=O) groups is 2. The lowest BCUT2D eigenvalue weighted by Gasteiger charge is -2.24. The van der Waals surface area contributed by atoms with Gasteiger partial charge >= 0.3 is 19.8 Å². The van der Waals surface area contributed by atoms with Crippen LogP contribution in [0.5, 0.6) is 0 Å². The maximum atomic E-state index is 12.7. The Balaban J connectivity index is 3.82. The van der Waals surface area contributed by atoms with E-state index in [1.807, 2.05) is 21.1 Å². The van der Waals surface area contributed by atoms with Gasteiger partial charge in [0.05, 0.1) is 27.7 Å². The van der Waals surface area contributed by atoms with Crippen molar-refractivity contribution in [3.63, 3.8) is 0 Å². The number of carbonyl (C=O) groups excluding carboxylic acids is 2. The van der Waals surface area contributed by atoms with Gasteiger partial charge in [-0.25, -0.2) is 4.57 Å². The van der Waals surface area contributed by atoms with Crippen LogP contribution < -0.4 is 0 Å². The third kappa shape index (κ3) is 48.5. The van der Waals surface area contributed by atoms with Gasteiger partial charge in [-0.1, -0.05) is 245 Å². The quantitative estimate of drug-likeness (QED) is 0.0278. The largest absolute Gasteiger partial charge is 0.472 e. The number of hydrogen-bond donors (Lipinski definition) is 1. The fraction of sp³-hybridized carbons (Fsp3) is 0.962. The van der Waals surface area contributed by atoms with Crippen molar-refractivity contribution in [3.05, 3.63) is 0 Å². The van der Waals surface area contributed by atoms with E-state index in [4.69, 9.17) is 18.5 Å². The molecular weight excluding hydrogens is 798 g/mol. The number of ether oxygens (including phenoxy) is 2. The molecule has 0 spiro atoms. The van der Waals surface area contributed by atoms with E-state index in [1.165, 1.54) is 205 Å². The first-order valence-corrected chi connectivity index (χ1v) is 28.3. The van der Waals surface area contributed by atoms with Gasteiger partial charge < -0.3 is 18.9 Å². The van der Waals surface area contributed by atoms with Crippen LogP contribution in [0, 0.1) is 0 Å². The molecule has 0 radical (unpaired) electrons. The maximum Gasteiger partial charge on any atom is 0.472 e. The van der Waals surface area contributed by atoms with E-state index in [0.717, 1.165) is 38.5 Å². The van der Waals surface area contributed by atoms with Crippen molar-refractivity contribution in [3.8, 4) is 0 Å². The van der Waals surface area contributed by atoms with Crippen molar-refractivity contribution in [2.24, 2.45) is 0 Å². The van der Waals surface area contributed by atoms with Crippen molar-refractivity contribution in [2.75, 3.05) is 47.5 Å². The van der Waals surface area contributed by atoms with E-state index < -0.39 is 26.5 Å².